The summed E-state index contributed by atoms with van der Waals surface area (Å²) >= 11 is 0. The Morgan fingerprint density at radius 3 is 1.66 bits per heavy atom. The number of anilines is 3. The molecule has 0 radical (unpaired) electrons. The zero-order valence-corrected chi connectivity index (χ0v) is 36.8. The third kappa shape index (κ3) is 5.07. The molecule has 11 aromatic carbocycles. The molecule has 0 amide bonds. The molecule has 2 aromatic heterocycles. The normalized spacial score (nSPS) is 13.1. The summed E-state index contributed by atoms with van der Waals surface area (Å²) < 4.78 is 14.2. The highest BCUT2D eigenvalue weighted by Crippen LogP contribution is 2.63. The molecule has 2 aliphatic rings. The largest absolute Gasteiger partial charge is 0.456 e. The van der Waals surface area contributed by atoms with Gasteiger partial charge in [0.15, 0.2) is 5.58 Å². The lowest BCUT2D eigenvalue weighted by Crippen LogP contribution is -2.26. The van der Waals surface area contributed by atoms with Crippen molar-refractivity contribution in [1.29, 1.82) is 0 Å². The molecule has 0 N–H and O–H groups in total. The van der Waals surface area contributed by atoms with E-state index in [9.17, 15) is 0 Å². The van der Waals surface area contributed by atoms with Gasteiger partial charge in [0.05, 0.1) is 11.1 Å². The van der Waals surface area contributed by atoms with Crippen molar-refractivity contribution in [3.63, 3.8) is 0 Å². The van der Waals surface area contributed by atoms with Crippen molar-refractivity contribution in [3.05, 3.63) is 259 Å². The van der Waals surface area contributed by atoms with Gasteiger partial charge in [0.1, 0.15) is 16.7 Å². The van der Waals surface area contributed by atoms with Crippen LogP contribution in [0.25, 0.3) is 99.2 Å². The van der Waals surface area contributed by atoms with Crippen molar-refractivity contribution in [2.75, 3.05) is 4.90 Å². The van der Waals surface area contributed by atoms with Crippen LogP contribution < -0.4 is 4.90 Å². The molecule has 68 heavy (non-hydrogen) atoms. The van der Waals surface area contributed by atoms with Crippen LogP contribution in [0.1, 0.15) is 22.3 Å². The summed E-state index contributed by atoms with van der Waals surface area (Å²) in [5, 5.41) is 6.53. The van der Waals surface area contributed by atoms with Gasteiger partial charge in [0.2, 0.25) is 0 Å². The van der Waals surface area contributed by atoms with Gasteiger partial charge in [-0.3, -0.25) is 0 Å². The van der Waals surface area contributed by atoms with E-state index in [1.54, 1.807) is 0 Å². The van der Waals surface area contributed by atoms with Gasteiger partial charge in [-0.1, -0.05) is 188 Å². The average Bonchev–Trinajstić information content (AvgIpc) is 4.14. The van der Waals surface area contributed by atoms with Gasteiger partial charge >= 0.3 is 0 Å². The minimum Gasteiger partial charge on any atom is -0.456 e. The molecule has 3 nitrogen and oxygen atoms in total. The van der Waals surface area contributed by atoms with Crippen molar-refractivity contribution >= 4 is 71.7 Å². The Labute approximate surface area is 392 Å². The van der Waals surface area contributed by atoms with Gasteiger partial charge in [0, 0.05) is 38.5 Å². The third-order valence-corrected chi connectivity index (χ3v) is 14.9. The Hall–Kier alpha value is -8.92. The first-order valence-electron chi connectivity index (χ1n) is 23.4. The number of hydrogen-bond donors (Lipinski definition) is 0. The second kappa shape index (κ2) is 14.0. The Morgan fingerprint density at radius 2 is 0.912 bits per heavy atom. The molecule has 0 atom stereocenters. The van der Waals surface area contributed by atoms with Crippen LogP contribution in [0.4, 0.5) is 17.1 Å². The van der Waals surface area contributed by atoms with Crippen LogP contribution in [0.3, 0.4) is 0 Å². The number of hydrogen-bond acceptors (Lipinski definition) is 3. The van der Waals surface area contributed by atoms with Crippen molar-refractivity contribution in [1.82, 2.24) is 0 Å². The van der Waals surface area contributed by atoms with E-state index in [0.29, 0.717) is 0 Å². The van der Waals surface area contributed by atoms with Crippen molar-refractivity contribution in [2.45, 2.75) is 5.41 Å². The summed E-state index contributed by atoms with van der Waals surface area (Å²) in [7, 11) is 0. The summed E-state index contributed by atoms with van der Waals surface area (Å²) in [4.78, 5) is 2.40. The number of rotatable bonds is 5. The van der Waals surface area contributed by atoms with Crippen LogP contribution in [0.5, 0.6) is 0 Å². The average molecular weight is 866 g/mol. The second-order valence-electron chi connectivity index (χ2n) is 18.3. The maximum absolute atomic E-state index is 7.47. The molecule has 0 saturated heterocycles. The number of fused-ring (bicyclic) bond motifs is 17. The summed E-state index contributed by atoms with van der Waals surface area (Å²) in [5.74, 6) is 0. The molecule has 0 fully saturated rings. The standard InChI is InChI=1S/C65H39NO2/c1-2-15-40(16-3-1)42-31-33-45(34-32-42)66(46-35-36-50-49-21-8-12-26-56(49)65(57(50)38-46)54-24-10-6-19-47(54)48-20-7-11-25-55(48)65)58-27-14-23-51-53-39-60-62(52-22-9-13-28-59(52)67-60)61(64(53)68-63(51)58)44-30-29-41-17-4-5-18-43(41)37-44/h1-39H. The number of furan rings is 2. The van der Waals surface area contributed by atoms with Gasteiger partial charge in [-0.15, -0.1) is 0 Å². The Bertz CT molecular complexity index is 4150. The zero-order valence-electron chi connectivity index (χ0n) is 36.8. The van der Waals surface area contributed by atoms with Gasteiger partial charge in [-0.2, -0.15) is 0 Å². The summed E-state index contributed by atoms with van der Waals surface area (Å²) in [5.41, 5.74) is 20.7. The van der Waals surface area contributed by atoms with E-state index in [1.807, 2.05) is 6.07 Å². The van der Waals surface area contributed by atoms with Crippen LogP contribution in [0.2, 0.25) is 0 Å². The Kier molecular flexibility index (Phi) is 7.71. The van der Waals surface area contributed by atoms with Crippen LogP contribution in [0, 0.1) is 0 Å². The summed E-state index contributed by atoms with van der Waals surface area (Å²) in [6.07, 6.45) is 0. The van der Waals surface area contributed by atoms with Crippen molar-refractivity contribution in [2.24, 2.45) is 0 Å². The molecule has 1 spiro atoms. The van der Waals surface area contributed by atoms with Gasteiger partial charge < -0.3 is 13.7 Å². The molecule has 0 saturated carbocycles. The first-order chi connectivity index (χ1) is 33.7. The minimum atomic E-state index is -0.491. The first kappa shape index (κ1) is 37.3. The molecule has 15 rings (SSSR count). The van der Waals surface area contributed by atoms with E-state index >= 15 is 0 Å². The predicted molar refractivity (Wildman–Crippen MR) is 280 cm³/mol. The molecule has 316 valence electrons. The van der Waals surface area contributed by atoms with E-state index in [1.165, 1.54) is 60.8 Å². The Balaban J connectivity index is 1.01. The van der Waals surface area contributed by atoms with Crippen molar-refractivity contribution in [3.8, 4) is 44.5 Å². The highest BCUT2D eigenvalue weighted by atomic mass is 16.3. The molecule has 13 aromatic rings. The molecular weight excluding hydrogens is 827 g/mol. The molecule has 0 unspecified atom stereocenters. The van der Waals surface area contributed by atoms with E-state index < -0.39 is 5.41 Å². The highest BCUT2D eigenvalue weighted by molar-refractivity contribution is 6.25. The quantitative estimate of drug-likeness (QED) is 0.173. The van der Waals surface area contributed by atoms with E-state index in [0.717, 1.165) is 77.6 Å². The molecule has 0 aliphatic heterocycles. The zero-order chi connectivity index (χ0) is 44.5. The topological polar surface area (TPSA) is 29.5 Å². The Morgan fingerprint density at radius 1 is 0.324 bits per heavy atom. The lowest BCUT2D eigenvalue weighted by Gasteiger charge is -2.32. The van der Waals surface area contributed by atoms with Crippen LogP contribution >= 0.6 is 0 Å². The number of para-hydroxylation sites is 2. The van der Waals surface area contributed by atoms with E-state index in [4.69, 9.17) is 8.83 Å². The van der Waals surface area contributed by atoms with Gasteiger partial charge in [-0.25, -0.2) is 0 Å². The van der Waals surface area contributed by atoms with Crippen molar-refractivity contribution < 1.29 is 8.83 Å². The van der Waals surface area contributed by atoms with Crippen LogP contribution in [0.15, 0.2) is 245 Å². The molecule has 2 aliphatic carbocycles. The fourth-order valence-corrected chi connectivity index (χ4v) is 12.0. The van der Waals surface area contributed by atoms with Gasteiger partial charge in [0.25, 0.3) is 0 Å². The lowest BCUT2D eigenvalue weighted by molar-refractivity contribution is 0.665. The minimum absolute atomic E-state index is 0.491. The van der Waals surface area contributed by atoms with Crippen LogP contribution in [-0.4, -0.2) is 0 Å². The monoisotopic (exact) mass is 865 g/mol. The highest BCUT2D eigenvalue weighted by Gasteiger charge is 2.51. The molecule has 2 heterocycles. The van der Waals surface area contributed by atoms with E-state index in [-0.39, 0.29) is 0 Å². The predicted octanol–water partition coefficient (Wildman–Crippen LogP) is 17.8. The van der Waals surface area contributed by atoms with E-state index in [2.05, 4.69) is 235 Å². The van der Waals surface area contributed by atoms with Gasteiger partial charge in [-0.05, 0) is 121 Å². The maximum Gasteiger partial charge on any atom is 0.159 e. The fourth-order valence-electron chi connectivity index (χ4n) is 12.0. The van der Waals surface area contributed by atoms with Crippen LogP contribution in [-0.2, 0) is 5.41 Å². The maximum atomic E-state index is 7.47. The third-order valence-electron chi connectivity index (χ3n) is 14.9. The molecule has 0 bridgehead atoms. The number of benzene rings is 11. The summed E-state index contributed by atoms with van der Waals surface area (Å²) in [6.45, 7) is 0. The molecular formula is C65H39NO2. The smallest absolute Gasteiger partial charge is 0.159 e. The summed E-state index contributed by atoms with van der Waals surface area (Å²) in [6, 6.07) is 86.1. The fraction of sp³-hybridized carbons (Fsp3) is 0.0154. The first-order valence-corrected chi connectivity index (χ1v) is 23.4. The number of nitrogens with zero attached hydrogens (tertiary/aromatic N) is 1. The molecule has 3 heteroatoms. The second-order valence-corrected chi connectivity index (χ2v) is 18.3. The lowest BCUT2D eigenvalue weighted by atomic mass is 9.70. The SMILES string of the molecule is c1ccc(-c2ccc(N(c3ccc4c(c3)C3(c5ccccc5-c5ccccc53)c3ccccc3-4)c3cccc4c3oc3c(-c5ccc6ccccc6c5)c5c(cc34)oc3ccccc35)cc2)cc1.